The summed E-state index contributed by atoms with van der Waals surface area (Å²) in [5.74, 6) is 0.888. The van der Waals surface area contributed by atoms with Gasteiger partial charge in [0.15, 0.2) is 11.5 Å². The molecule has 2 fully saturated rings. The summed E-state index contributed by atoms with van der Waals surface area (Å²) in [7, 11) is 0. The first-order valence-corrected chi connectivity index (χ1v) is 10.6. The number of hydrogen-bond acceptors (Lipinski definition) is 6. The zero-order valence-electron chi connectivity index (χ0n) is 17.3. The molecule has 7 nitrogen and oxygen atoms in total. The third-order valence-corrected chi connectivity index (χ3v) is 6.06. The zero-order chi connectivity index (χ0) is 21.2. The van der Waals surface area contributed by atoms with E-state index in [1.54, 1.807) is 18.2 Å². The number of piperazine rings is 1. The lowest BCUT2D eigenvalue weighted by Crippen LogP contribution is -2.52. The maximum Gasteiger partial charge on any atom is 0.251 e. The molecular weight excluding hydrogens is 394 g/mol. The number of amides is 2. The molecule has 7 heteroatoms. The van der Waals surface area contributed by atoms with Gasteiger partial charge in [0.2, 0.25) is 12.7 Å². The molecule has 160 valence electrons. The summed E-state index contributed by atoms with van der Waals surface area (Å²) < 4.78 is 10.7. The normalized spacial score (nSPS) is 22.1. The average Bonchev–Trinajstić information content (AvgIpc) is 3.38. The van der Waals surface area contributed by atoms with Crippen molar-refractivity contribution in [3.05, 3.63) is 60.2 Å². The Bertz CT molecular complexity index is 999. The molecule has 0 aromatic heterocycles. The van der Waals surface area contributed by atoms with Crippen LogP contribution in [0.2, 0.25) is 0 Å². The molecule has 5 rings (SSSR count). The Morgan fingerprint density at radius 2 is 1.71 bits per heavy atom. The average molecular weight is 419 g/mol. The van der Waals surface area contributed by atoms with E-state index in [9.17, 15) is 9.59 Å². The molecule has 1 atom stereocenters. The molecule has 0 unspecified atom stereocenters. The van der Waals surface area contributed by atoms with Crippen molar-refractivity contribution >= 4 is 23.6 Å². The van der Waals surface area contributed by atoms with Crippen molar-refractivity contribution in [3.8, 4) is 11.5 Å². The Kier molecular flexibility index (Phi) is 5.44. The van der Waals surface area contributed by atoms with Crippen LogP contribution in [0.5, 0.6) is 11.5 Å². The Labute approximate surface area is 181 Å². The van der Waals surface area contributed by atoms with Gasteiger partial charge in [-0.15, -0.1) is 0 Å². The van der Waals surface area contributed by atoms with Crippen LogP contribution in [0, 0.1) is 0 Å². The number of hydrogen-bond donors (Lipinski definition) is 0. The molecule has 2 aromatic carbocycles. The van der Waals surface area contributed by atoms with E-state index in [0.717, 1.165) is 32.7 Å². The van der Waals surface area contributed by atoms with Gasteiger partial charge in [0.25, 0.3) is 5.91 Å². The Hall–Kier alpha value is -3.16. The standard InChI is InChI=1S/C24H25N3O4/c28-23-16-20(24(29)27(23)19-8-9-21-22(15-19)31-17-30-21)26-13-11-25(12-14-26)10-4-7-18-5-2-1-3-6-18/h1-9,15,20H,10-14,16-17H2/b7-4+/t20-/m0/s1. The number of ether oxygens (including phenoxy) is 2. The summed E-state index contributed by atoms with van der Waals surface area (Å²) in [6.07, 6.45) is 4.53. The molecule has 0 N–H and O–H groups in total. The van der Waals surface area contributed by atoms with Crippen molar-refractivity contribution in [1.82, 2.24) is 9.80 Å². The number of carbonyl (C=O) groups excluding carboxylic acids is 2. The maximum absolute atomic E-state index is 13.1. The minimum Gasteiger partial charge on any atom is -0.454 e. The summed E-state index contributed by atoms with van der Waals surface area (Å²) in [5, 5.41) is 0. The Morgan fingerprint density at radius 1 is 0.935 bits per heavy atom. The number of fused-ring (bicyclic) bond motifs is 1. The van der Waals surface area contributed by atoms with Gasteiger partial charge in [0.05, 0.1) is 18.2 Å². The van der Waals surface area contributed by atoms with Crippen LogP contribution in [-0.4, -0.2) is 67.2 Å². The molecule has 0 saturated carbocycles. The van der Waals surface area contributed by atoms with E-state index in [1.807, 2.05) is 18.2 Å². The number of nitrogens with zero attached hydrogens (tertiary/aromatic N) is 3. The van der Waals surface area contributed by atoms with E-state index >= 15 is 0 Å². The van der Waals surface area contributed by atoms with E-state index in [2.05, 4.69) is 34.1 Å². The van der Waals surface area contributed by atoms with Crippen LogP contribution in [-0.2, 0) is 9.59 Å². The van der Waals surface area contributed by atoms with Gasteiger partial charge in [-0.05, 0) is 17.7 Å². The molecule has 2 aromatic rings. The third kappa shape index (κ3) is 4.06. The van der Waals surface area contributed by atoms with E-state index < -0.39 is 0 Å². The Morgan fingerprint density at radius 3 is 2.52 bits per heavy atom. The van der Waals surface area contributed by atoms with Crippen LogP contribution in [0.4, 0.5) is 5.69 Å². The first-order valence-electron chi connectivity index (χ1n) is 10.6. The van der Waals surface area contributed by atoms with E-state index in [1.165, 1.54) is 10.5 Å². The number of rotatable bonds is 5. The van der Waals surface area contributed by atoms with Crippen molar-refractivity contribution in [2.75, 3.05) is 44.4 Å². The predicted molar refractivity (Wildman–Crippen MR) is 117 cm³/mol. The highest BCUT2D eigenvalue weighted by Gasteiger charge is 2.43. The molecule has 0 radical (unpaired) electrons. The minimum absolute atomic E-state index is 0.152. The van der Waals surface area contributed by atoms with E-state index in [0.29, 0.717) is 17.2 Å². The summed E-state index contributed by atoms with van der Waals surface area (Å²) >= 11 is 0. The second-order valence-corrected chi connectivity index (χ2v) is 7.97. The zero-order valence-corrected chi connectivity index (χ0v) is 17.3. The van der Waals surface area contributed by atoms with Gasteiger partial charge < -0.3 is 9.47 Å². The summed E-state index contributed by atoms with van der Waals surface area (Å²) in [5.41, 5.74) is 1.74. The first kappa shape index (κ1) is 19.8. The van der Waals surface area contributed by atoms with Crippen molar-refractivity contribution in [2.24, 2.45) is 0 Å². The quantitative estimate of drug-likeness (QED) is 0.694. The number of imide groups is 1. The number of carbonyl (C=O) groups is 2. The maximum atomic E-state index is 13.1. The second-order valence-electron chi connectivity index (χ2n) is 7.97. The van der Waals surface area contributed by atoms with Crippen LogP contribution in [0.25, 0.3) is 6.08 Å². The van der Waals surface area contributed by atoms with Crippen molar-refractivity contribution in [2.45, 2.75) is 12.5 Å². The number of benzene rings is 2. The lowest BCUT2D eigenvalue weighted by Gasteiger charge is -2.36. The fourth-order valence-corrected chi connectivity index (χ4v) is 4.36. The van der Waals surface area contributed by atoms with Crippen LogP contribution in [0.1, 0.15) is 12.0 Å². The molecule has 3 heterocycles. The van der Waals surface area contributed by atoms with Gasteiger partial charge in [0, 0.05) is 38.8 Å². The highest BCUT2D eigenvalue weighted by Crippen LogP contribution is 2.37. The van der Waals surface area contributed by atoms with Crippen LogP contribution < -0.4 is 14.4 Å². The first-order chi connectivity index (χ1) is 15.2. The minimum atomic E-state index is -0.389. The predicted octanol–water partition coefficient (Wildman–Crippen LogP) is 2.38. The molecule has 3 aliphatic rings. The fourth-order valence-electron chi connectivity index (χ4n) is 4.36. The smallest absolute Gasteiger partial charge is 0.251 e. The SMILES string of the molecule is O=C1C[C@H](N2CCN(C/C=C/c3ccccc3)CC2)C(=O)N1c1ccc2c(c1)OCO2. The van der Waals surface area contributed by atoms with Crippen LogP contribution in [0.3, 0.4) is 0 Å². The van der Waals surface area contributed by atoms with E-state index in [-0.39, 0.29) is 31.1 Å². The molecule has 0 spiro atoms. The van der Waals surface area contributed by atoms with Crippen molar-refractivity contribution < 1.29 is 19.1 Å². The molecule has 31 heavy (non-hydrogen) atoms. The summed E-state index contributed by atoms with van der Waals surface area (Å²) in [6.45, 7) is 4.34. The van der Waals surface area contributed by atoms with Crippen molar-refractivity contribution in [1.29, 1.82) is 0 Å². The van der Waals surface area contributed by atoms with Gasteiger partial charge in [-0.25, -0.2) is 4.90 Å². The highest BCUT2D eigenvalue weighted by atomic mass is 16.7. The second kappa shape index (κ2) is 8.53. The van der Waals surface area contributed by atoms with Crippen molar-refractivity contribution in [3.63, 3.8) is 0 Å². The summed E-state index contributed by atoms with van der Waals surface area (Å²) in [4.78, 5) is 31.6. The lowest BCUT2D eigenvalue weighted by atomic mass is 10.1. The van der Waals surface area contributed by atoms with Gasteiger partial charge in [-0.2, -0.15) is 0 Å². The molecular formula is C24H25N3O4. The topological polar surface area (TPSA) is 62.3 Å². The van der Waals surface area contributed by atoms with Gasteiger partial charge in [-0.1, -0.05) is 42.5 Å². The van der Waals surface area contributed by atoms with Gasteiger partial charge in [0.1, 0.15) is 0 Å². The Balaban J connectivity index is 1.18. The number of anilines is 1. The molecule has 0 bridgehead atoms. The molecule has 2 saturated heterocycles. The molecule has 2 amide bonds. The van der Waals surface area contributed by atoms with Crippen LogP contribution >= 0.6 is 0 Å². The summed E-state index contributed by atoms with van der Waals surface area (Å²) in [6, 6.07) is 15.1. The fraction of sp³-hybridized carbons (Fsp3) is 0.333. The van der Waals surface area contributed by atoms with Crippen LogP contribution in [0.15, 0.2) is 54.6 Å². The molecule has 0 aliphatic carbocycles. The highest BCUT2D eigenvalue weighted by molar-refractivity contribution is 6.22. The van der Waals surface area contributed by atoms with Gasteiger partial charge >= 0.3 is 0 Å². The van der Waals surface area contributed by atoms with E-state index in [4.69, 9.17) is 9.47 Å². The third-order valence-electron chi connectivity index (χ3n) is 6.06. The lowest BCUT2D eigenvalue weighted by molar-refractivity contribution is -0.123. The monoisotopic (exact) mass is 419 g/mol. The largest absolute Gasteiger partial charge is 0.454 e. The van der Waals surface area contributed by atoms with Gasteiger partial charge in [-0.3, -0.25) is 19.4 Å². The molecule has 3 aliphatic heterocycles.